The van der Waals surface area contributed by atoms with Gasteiger partial charge in [0.25, 0.3) is 0 Å². The summed E-state index contributed by atoms with van der Waals surface area (Å²) >= 11 is 0. The molecule has 0 unspecified atom stereocenters. The molecule has 7 heteroatoms. The van der Waals surface area contributed by atoms with Gasteiger partial charge in [0.2, 0.25) is 0 Å². The van der Waals surface area contributed by atoms with Crippen molar-refractivity contribution in [1.82, 2.24) is 0 Å². The molecular weight excluding hydrogens is 325 g/mol. The van der Waals surface area contributed by atoms with Crippen molar-refractivity contribution in [2.75, 3.05) is 20.8 Å². The second-order valence-corrected chi connectivity index (χ2v) is 8.27. The molecule has 1 rings (SSSR count). The second-order valence-electron chi connectivity index (χ2n) is 5.30. The molecule has 1 aromatic carbocycles. The highest BCUT2D eigenvalue weighted by molar-refractivity contribution is 6.60. The Kier molecular flexibility index (Phi) is 8.83. The van der Waals surface area contributed by atoms with Gasteiger partial charge in [-0.1, -0.05) is 12.8 Å². The van der Waals surface area contributed by atoms with E-state index in [0.717, 1.165) is 31.4 Å². The third-order valence-corrected chi connectivity index (χ3v) is 6.69. The number of hydrogen-bond acceptors (Lipinski definition) is 3. The fourth-order valence-corrected chi connectivity index (χ4v) is 4.54. The van der Waals surface area contributed by atoms with E-state index in [9.17, 15) is 13.2 Å². The minimum absolute atomic E-state index is 0.218. The summed E-state index contributed by atoms with van der Waals surface area (Å²) in [5.74, 6) is -2.85. The average molecular weight is 350 g/mol. The van der Waals surface area contributed by atoms with Gasteiger partial charge in [0.1, 0.15) is 5.82 Å². The maximum atomic E-state index is 13.5. The van der Waals surface area contributed by atoms with Crippen LogP contribution < -0.4 is 0 Å². The summed E-state index contributed by atoms with van der Waals surface area (Å²) in [7, 11) is 0.647. The lowest BCUT2D eigenvalue weighted by molar-refractivity contribution is 0.103. The van der Waals surface area contributed by atoms with Crippen LogP contribution in [0, 0.1) is 17.5 Å². The highest BCUT2D eigenvalue weighted by Crippen LogP contribution is 2.20. The number of benzene rings is 1. The predicted molar refractivity (Wildman–Crippen MR) is 84.7 cm³/mol. The maximum Gasteiger partial charge on any atom is 0.500 e. The molecule has 0 spiro atoms. The molecule has 0 aliphatic heterocycles. The third kappa shape index (κ3) is 6.25. The molecule has 0 radical (unpaired) electrons. The van der Waals surface area contributed by atoms with Gasteiger partial charge in [-0.15, -0.1) is 0 Å². The molecule has 0 aliphatic rings. The van der Waals surface area contributed by atoms with Crippen LogP contribution in [-0.2, 0) is 19.7 Å². The Hall–Kier alpha value is -0.893. The standard InChI is InChI=1S/C16H25F3O3Si/c1-4-22-23(20-2,21-3)10-8-6-5-7-9-13-11-15(18)16(19)12-14(13)17/h11-12H,4-10H2,1-3H3. The molecule has 0 saturated heterocycles. The minimum atomic E-state index is -2.54. The van der Waals surface area contributed by atoms with E-state index in [0.29, 0.717) is 25.5 Å². The summed E-state index contributed by atoms with van der Waals surface area (Å²) in [5.41, 5.74) is 0.218. The summed E-state index contributed by atoms with van der Waals surface area (Å²) in [6, 6.07) is 2.27. The van der Waals surface area contributed by atoms with Crippen molar-refractivity contribution in [1.29, 1.82) is 0 Å². The normalized spacial score (nSPS) is 11.9. The smallest absolute Gasteiger partial charge is 0.377 e. The quantitative estimate of drug-likeness (QED) is 0.335. The number of rotatable bonds is 11. The predicted octanol–water partition coefficient (Wildman–Crippen LogP) is 4.48. The molecule has 0 bridgehead atoms. The van der Waals surface area contributed by atoms with Crippen LogP contribution in [0.1, 0.15) is 38.2 Å². The van der Waals surface area contributed by atoms with E-state index in [1.807, 2.05) is 6.92 Å². The van der Waals surface area contributed by atoms with Crippen molar-refractivity contribution < 1.29 is 26.4 Å². The van der Waals surface area contributed by atoms with Crippen molar-refractivity contribution in [3.8, 4) is 0 Å². The Labute approximate surface area is 137 Å². The van der Waals surface area contributed by atoms with Crippen LogP contribution in [-0.4, -0.2) is 29.6 Å². The molecule has 0 saturated carbocycles. The first-order valence-electron chi connectivity index (χ1n) is 7.85. The van der Waals surface area contributed by atoms with Crippen molar-refractivity contribution in [3.05, 3.63) is 35.1 Å². The summed E-state index contributed by atoms with van der Waals surface area (Å²) in [4.78, 5) is 0. The van der Waals surface area contributed by atoms with Gasteiger partial charge in [-0.05, 0) is 37.8 Å². The van der Waals surface area contributed by atoms with Gasteiger partial charge in [-0.25, -0.2) is 13.2 Å². The monoisotopic (exact) mass is 350 g/mol. The highest BCUT2D eigenvalue weighted by Gasteiger charge is 2.37. The molecule has 0 aromatic heterocycles. The van der Waals surface area contributed by atoms with E-state index in [2.05, 4.69) is 0 Å². The van der Waals surface area contributed by atoms with E-state index < -0.39 is 26.3 Å². The van der Waals surface area contributed by atoms with Gasteiger partial charge in [-0.2, -0.15) is 0 Å². The Morgan fingerprint density at radius 2 is 1.48 bits per heavy atom. The number of unbranched alkanes of at least 4 members (excludes halogenated alkanes) is 3. The van der Waals surface area contributed by atoms with Gasteiger partial charge in [0.05, 0.1) is 0 Å². The van der Waals surface area contributed by atoms with Crippen LogP contribution in [0.3, 0.4) is 0 Å². The van der Waals surface area contributed by atoms with Gasteiger partial charge in [0, 0.05) is 32.9 Å². The molecule has 0 aliphatic carbocycles. The van der Waals surface area contributed by atoms with Gasteiger partial charge in [0.15, 0.2) is 11.6 Å². The minimum Gasteiger partial charge on any atom is -0.377 e. The first kappa shape index (κ1) is 20.2. The van der Waals surface area contributed by atoms with Crippen LogP contribution in [0.15, 0.2) is 12.1 Å². The van der Waals surface area contributed by atoms with Crippen molar-refractivity contribution in [3.63, 3.8) is 0 Å². The molecule has 3 nitrogen and oxygen atoms in total. The van der Waals surface area contributed by atoms with E-state index >= 15 is 0 Å². The second kappa shape index (κ2) is 10.1. The van der Waals surface area contributed by atoms with E-state index in [4.69, 9.17) is 13.3 Å². The molecule has 0 N–H and O–H groups in total. The van der Waals surface area contributed by atoms with Crippen LogP contribution in [0.25, 0.3) is 0 Å². The molecular formula is C16H25F3O3Si. The lowest BCUT2D eigenvalue weighted by Crippen LogP contribution is -2.43. The van der Waals surface area contributed by atoms with Crippen LogP contribution in [0.5, 0.6) is 0 Å². The van der Waals surface area contributed by atoms with Crippen LogP contribution in [0.2, 0.25) is 6.04 Å². The topological polar surface area (TPSA) is 27.7 Å². The SMILES string of the molecule is CCO[Si](CCCCCCc1cc(F)c(F)cc1F)(OC)OC. The third-order valence-electron chi connectivity index (χ3n) is 3.75. The molecule has 132 valence electrons. The zero-order valence-electron chi connectivity index (χ0n) is 14.0. The first-order valence-corrected chi connectivity index (χ1v) is 9.79. The fraction of sp³-hybridized carbons (Fsp3) is 0.625. The Balaban J connectivity index is 2.32. The van der Waals surface area contributed by atoms with Gasteiger partial charge < -0.3 is 13.3 Å². The Bertz CT molecular complexity index is 482. The van der Waals surface area contributed by atoms with Gasteiger partial charge in [-0.3, -0.25) is 0 Å². The molecule has 0 atom stereocenters. The maximum absolute atomic E-state index is 13.5. The molecule has 23 heavy (non-hydrogen) atoms. The largest absolute Gasteiger partial charge is 0.500 e. The highest BCUT2D eigenvalue weighted by atomic mass is 28.4. The Morgan fingerprint density at radius 1 is 0.870 bits per heavy atom. The fourth-order valence-electron chi connectivity index (χ4n) is 2.46. The molecule has 0 fully saturated rings. The van der Waals surface area contributed by atoms with Crippen molar-refractivity contribution in [2.45, 2.75) is 45.1 Å². The lowest BCUT2D eigenvalue weighted by Gasteiger charge is -2.25. The van der Waals surface area contributed by atoms with Gasteiger partial charge >= 0.3 is 8.80 Å². The van der Waals surface area contributed by atoms with E-state index in [-0.39, 0.29) is 5.56 Å². The molecule has 1 aromatic rings. The first-order chi connectivity index (χ1) is 11.0. The summed E-state index contributed by atoms with van der Waals surface area (Å²) < 4.78 is 55.9. The van der Waals surface area contributed by atoms with Crippen molar-refractivity contribution in [2.24, 2.45) is 0 Å². The molecule has 0 amide bonds. The lowest BCUT2D eigenvalue weighted by atomic mass is 10.1. The Morgan fingerprint density at radius 3 is 2.09 bits per heavy atom. The van der Waals surface area contributed by atoms with Crippen molar-refractivity contribution >= 4 is 8.80 Å². The molecule has 0 heterocycles. The zero-order valence-corrected chi connectivity index (χ0v) is 15.0. The van der Waals surface area contributed by atoms with E-state index in [1.54, 1.807) is 14.2 Å². The van der Waals surface area contributed by atoms with Crippen LogP contribution >= 0.6 is 0 Å². The number of hydrogen-bond donors (Lipinski definition) is 0. The van der Waals surface area contributed by atoms with Crippen LogP contribution in [0.4, 0.5) is 13.2 Å². The summed E-state index contributed by atoms with van der Waals surface area (Å²) in [6.07, 6.45) is 3.77. The summed E-state index contributed by atoms with van der Waals surface area (Å²) in [6.45, 7) is 2.44. The van der Waals surface area contributed by atoms with E-state index in [1.165, 1.54) is 0 Å². The zero-order chi connectivity index (χ0) is 17.3. The number of aryl methyl sites for hydroxylation is 1. The average Bonchev–Trinajstić information content (AvgIpc) is 2.54. The summed E-state index contributed by atoms with van der Waals surface area (Å²) in [5, 5.41) is 0. The number of halogens is 3.